The minimum Gasteiger partial charge on any atom is -0.385 e. The third kappa shape index (κ3) is 1.90. The summed E-state index contributed by atoms with van der Waals surface area (Å²) in [4.78, 5) is 18.1. The molecule has 2 heterocycles. The van der Waals surface area contributed by atoms with E-state index >= 15 is 0 Å². The molecule has 2 unspecified atom stereocenters. The van der Waals surface area contributed by atoms with Crippen molar-refractivity contribution in [2.45, 2.75) is 39.2 Å². The first-order valence-corrected chi connectivity index (χ1v) is 6.89. The molecule has 2 rings (SSSR count). The summed E-state index contributed by atoms with van der Waals surface area (Å²) in [5.74, 6) is 1.32. The molecule has 2 aliphatic rings. The molecule has 2 amide bonds. The molecule has 0 aliphatic carbocycles. The number of hydrogen-bond acceptors (Lipinski definition) is 3. The Morgan fingerprint density at radius 3 is 2.94 bits per heavy atom. The number of amides is 2. The fraction of sp³-hybridized carbons (Fsp3) is 0.846. The maximum Gasteiger partial charge on any atom is 0.346 e. The average Bonchev–Trinajstić information content (AvgIpc) is 2.55. The van der Waals surface area contributed by atoms with Crippen molar-refractivity contribution in [1.29, 1.82) is 0 Å². The summed E-state index contributed by atoms with van der Waals surface area (Å²) in [5, 5.41) is 3.40. The van der Waals surface area contributed by atoms with E-state index in [1.165, 1.54) is 0 Å². The topological polar surface area (TPSA) is 70.7 Å². The third-order valence-electron chi connectivity index (χ3n) is 4.16. The van der Waals surface area contributed by atoms with Gasteiger partial charge in [0.15, 0.2) is 0 Å². The number of carbonyl (C=O) groups is 1. The lowest BCUT2D eigenvalue weighted by Gasteiger charge is -2.47. The molecule has 5 nitrogen and oxygen atoms in total. The monoisotopic (exact) mass is 252 g/mol. The summed E-state index contributed by atoms with van der Waals surface area (Å²) in [6.07, 6.45) is 1.88. The third-order valence-corrected chi connectivity index (χ3v) is 4.16. The minimum absolute atomic E-state index is 0.151. The molecule has 0 aromatic heterocycles. The maximum atomic E-state index is 12.1. The lowest BCUT2D eigenvalue weighted by atomic mass is 9.75. The van der Waals surface area contributed by atoms with Crippen LogP contribution in [0, 0.1) is 11.8 Å². The number of urea groups is 1. The number of piperidine rings is 1. The first kappa shape index (κ1) is 13.3. The van der Waals surface area contributed by atoms with Gasteiger partial charge in [-0.25, -0.2) is 4.79 Å². The normalized spacial score (nSPS) is 32.4. The fourth-order valence-corrected chi connectivity index (χ4v) is 3.28. The van der Waals surface area contributed by atoms with Crippen molar-refractivity contribution in [3.8, 4) is 0 Å². The van der Waals surface area contributed by atoms with Crippen molar-refractivity contribution in [3.05, 3.63) is 0 Å². The van der Waals surface area contributed by atoms with E-state index in [2.05, 4.69) is 31.1 Å². The van der Waals surface area contributed by atoms with Crippen LogP contribution in [-0.4, -0.2) is 41.9 Å². The van der Waals surface area contributed by atoms with Crippen molar-refractivity contribution in [1.82, 2.24) is 10.2 Å². The second-order valence-corrected chi connectivity index (χ2v) is 5.77. The summed E-state index contributed by atoms with van der Waals surface area (Å²) in [6.45, 7) is 8.95. The summed E-state index contributed by atoms with van der Waals surface area (Å²) in [7, 11) is 0. The summed E-state index contributed by atoms with van der Waals surface area (Å²) >= 11 is 0. The molecule has 102 valence electrons. The molecule has 2 atom stereocenters. The van der Waals surface area contributed by atoms with Gasteiger partial charge in [0, 0.05) is 19.0 Å². The van der Waals surface area contributed by atoms with E-state index < -0.39 is 0 Å². The van der Waals surface area contributed by atoms with E-state index in [9.17, 15) is 4.79 Å². The number of nitrogens with zero attached hydrogens (tertiary/aromatic N) is 2. The van der Waals surface area contributed by atoms with Gasteiger partial charge >= 0.3 is 6.03 Å². The van der Waals surface area contributed by atoms with Crippen molar-refractivity contribution in [3.63, 3.8) is 0 Å². The highest BCUT2D eigenvalue weighted by molar-refractivity contribution is 6.06. The SMILES string of the molecule is CCC1CNCCC12C(N)=NC(=O)N2CC(C)C. The summed E-state index contributed by atoms with van der Waals surface area (Å²) < 4.78 is 0. The van der Waals surface area contributed by atoms with Gasteiger partial charge in [-0.1, -0.05) is 20.8 Å². The Kier molecular flexibility index (Phi) is 3.61. The van der Waals surface area contributed by atoms with E-state index in [0.29, 0.717) is 17.7 Å². The zero-order valence-electron chi connectivity index (χ0n) is 11.6. The molecule has 0 saturated carbocycles. The molecule has 0 aromatic carbocycles. The molecular formula is C13H24N4O. The molecule has 2 aliphatic heterocycles. The molecule has 0 aromatic rings. The number of aliphatic imine (C=N–C) groups is 1. The highest BCUT2D eigenvalue weighted by Gasteiger charge is 2.53. The highest BCUT2D eigenvalue weighted by Crippen LogP contribution is 2.38. The Balaban J connectivity index is 2.35. The van der Waals surface area contributed by atoms with Crippen LogP contribution in [0.4, 0.5) is 4.79 Å². The zero-order chi connectivity index (χ0) is 13.3. The van der Waals surface area contributed by atoms with Gasteiger partial charge in [0.25, 0.3) is 0 Å². The zero-order valence-corrected chi connectivity index (χ0v) is 11.6. The van der Waals surface area contributed by atoms with Crippen LogP contribution in [0.3, 0.4) is 0 Å². The number of nitrogens with two attached hydrogens (primary N) is 1. The number of rotatable bonds is 3. The highest BCUT2D eigenvalue weighted by atomic mass is 16.2. The molecule has 1 spiro atoms. The van der Waals surface area contributed by atoms with Crippen LogP contribution in [0.1, 0.15) is 33.6 Å². The van der Waals surface area contributed by atoms with Crippen molar-refractivity contribution in [2.75, 3.05) is 19.6 Å². The van der Waals surface area contributed by atoms with Crippen molar-refractivity contribution in [2.24, 2.45) is 22.6 Å². The van der Waals surface area contributed by atoms with Gasteiger partial charge < -0.3 is 16.0 Å². The standard InChI is InChI=1S/C13H24N4O/c1-4-10-7-15-6-5-13(10)11(14)16-12(18)17(13)8-9(2)3/h9-10,15H,4-8H2,1-3H3,(H2,14,16,18). The van der Waals surface area contributed by atoms with Gasteiger partial charge in [-0.05, 0) is 25.3 Å². The molecule has 1 fully saturated rings. The van der Waals surface area contributed by atoms with Crippen molar-refractivity contribution >= 4 is 11.9 Å². The number of hydrogen-bond donors (Lipinski definition) is 2. The lowest BCUT2D eigenvalue weighted by molar-refractivity contribution is 0.0914. The first-order valence-electron chi connectivity index (χ1n) is 6.89. The van der Waals surface area contributed by atoms with Crippen LogP contribution in [0.15, 0.2) is 4.99 Å². The van der Waals surface area contributed by atoms with Gasteiger partial charge in [0.2, 0.25) is 0 Å². The van der Waals surface area contributed by atoms with Crippen molar-refractivity contribution < 1.29 is 4.79 Å². The van der Waals surface area contributed by atoms with Gasteiger partial charge in [0.1, 0.15) is 11.4 Å². The molecule has 1 saturated heterocycles. The van der Waals surface area contributed by atoms with E-state index in [-0.39, 0.29) is 11.6 Å². The quantitative estimate of drug-likeness (QED) is 0.792. The largest absolute Gasteiger partial charge is 0.385 e. The molecule has 3 N–H and O–H groups in total. The Hall–Kier alpha value is -1.10. The lowest BCUT2D eigenvalue weighted by Crippen LogP contribution is -2.65. The van der Waals surface area contributed by atoms with Crippen LogP contribution in [0.25, 0.3) is 0 Å². The van der Waals surface area contributed by atoms with Crippen LogP contribution in [0.2, 0.25) is 0 Å². The summed E-state index contributed by atoms with van der Waals surface area (Å²) in [6, 6.07) is -0.151. The first-order chi connectivity index (χ1) is 8.52. The maximum absolute atomic E-state index is 12.1. The number of carbonyl (C=O) groups excluding carboxylic acids is 1. The smallest absolute Gasteiger partial charge is 0.346 e. The van der Waals surface area contributed by atoms with Gasteiger partial charge in [0.05, 0.1) is 0 Å². The van der Waals surface area contributed by atoms with Gasteiger partial charge in [-0.3, -0.25) is 0 Å². The Morgan fingerprint density at radius 2 is 2.33 bits per heavy atom. The Morgan fingerprint density at radius 1 is 1.61 bits per heavy atom. The van der Waals surface area contributed by atoms with E-state index in [4.69, 9.17) is 5.73 Å². The van der Waals surface area contributed by atoms with Crippen LogP contribution >= 0.6 is 0 Å². The summed E-state index contributed by atoms with van der Waals surface area (Å²) in [5.41, 5.74) is 5.79. The van der Waals surface area contributed by atoms with E-state index in [1.54, 1.807) is 0 Å². The molecule has 0 radical (unpaired) electrons. The number of nitrogens with one attached hydrogen (secondary N) is 1. The molecular weight excluding hydrogens is 228 g/mol. The van der Waals surface area contributed by atoms with Crippen LogP contribution in [-0.2, 0) is 0 Å². The molecule has 0 bridgehead atoms. The van der Waals surface area contributed by atoms with E-state index in [0.717, 1.165) is 32.5 Å². The predicted molar refractivity (Wildman–Crippen MR) is 72.6 cm³/mol. The second-order valence-electron chi connectivity index (χ2n) is 5.77. The van der Waals surface area contributed by atoms with Gasteiger partial charge in [-0.2, -0.15) is 4.99 Å². The predicted octanol–water partition coefficient (Wildman–Crippen LogP) is 1.19. The van der Waals surface area contributed by atoms with Gasteiger partial charge in [-0.15, -0.1) is 0 Å². The van der Waals surface area contributed by atoms with Crippen LogP contribution in [0.5, 0.6) is 0 Å². The Labute approximate surface area is 109 Å². The van der Waals surface area contributed by atoms with E-state index in [1.807, 2.05) is 4.90 Å². The van der Waals surface area contributed by atoms with Crippen LogP contribution < -0.4 is 11.1 Å². The number of amidine groups is 1. The average molecular weight is 252 g/mol. The Bertz CT molecular complexity index is 366. The second kappa shape index (κ2) is 4.88. The molecule has 5 heteroatoms. The molecule has 18 heavy (non-hydrogen) atoms. The fourth-order valence-electron chi connectivity index (χ4n) is 3.28. The minimum atomic E-state index is -0.332.